The summed E-state index contributed by atoms with van der Waals surface area (Å²) in [5.41, 5.74) is 0.972. The van der Waals surface area contributed by atoms with Gasteiger partial charge >= 0.3 is 0 Å². The largest absolute Gasteiger partial charge is 0.354 e. The van der Waals surface area contributed by atoms with Crippen LogP contribution in [0, 0.1) is 5.92 Å². The van der Waals surface area contributed by atoms with Crippen molar-refractivity contribution in [2.45, 2.75) is 13.8 Å². The first-order valence-corrected chi connectivity index (χ1v) is 8.73. The topological polar surface area (TPSA) is 83.1 Å². The fourth-order valence-corrected chi connectivity index (χ4v) is 2.63. The number of benzene rings is 1. The molecule has 0 atom stereocenters. The quantitative estimate of drug-likeness (QED) is 0.703. The van der Waals surface area contributed by atoms with Gasteiger partial charge in [-0.3, -0.25) is 9.59 Å². The molecular formula is C16H19ClN4O2S. The van der Waals surface area contributed by atoms with Crippen LogP contribution in [-0.2, 0) is 4.79 Å². The predicted octanol–water partition coefficient (Wildman–Crippen LogP) is 3.04. The van der Waals surface area contributed by atoms with Crippen molar-refractivity contribution in [1.82, 2.24) is 15.6 Å². The number of halogens is 1. The minimum atomic E-state index is -0.391. The maximum atomic E-state index is 12.0. The van der Waals surface area contributed by atoms with E-state index in [9.17, 15) is 9.59 Å². The van der Waals surface area contributed by atoms with Gasteiger partial charge in [0, 0.05) is 11.9 Å². The van der Waals surface area contributed by atoms with E-state index in [1.165, 1.54) is 11.3 Å². The summed E-state index contributed by atoms with van der Waals surface area (Å²) in [5, 5.41) is 11.1. The molecule has 2 amide bonds. The molecule has 1 heterocycles. The second-order valence-electron chi connectivity index (χ2n) is 5.52. The lowest BCUT2D eigenvalue weighted by atomic mass is 10.2. The minimum Gasteiger partial charge on any atom is -0.354 e. The van der Waals surface area contributed by atoms with Crippen LogP contribution in [0.2, 0.25) is 5.02 Å². The van der Waals surface area contributed by atoms with E-state index in [0.717, 1.165) is 0 Å². The zero-order chi connectivity index (χ0) is 17.5. The van der Waals surface area contributed by atoms with Gasteiger partial charge in [0.25, 0.3) is 5.91 Å². The Morgan fingerprint density at radius 2 is 2.00 bits per heavy atom. The number of rotatable bonds is 7. The summed E-state index contributed by atoms with van der Waals surface area (Å²) in [6.45, 7) is 4.51. The maximum absolute atomic E-state index is 12.0. The zero-order valence-electron chi connectivity index (χ0n) is 13.4. The Kier molecular flexibility index (Phi) is 6.57. The third kappa shape index (κ3) is 5.50. The molecule has 3 N–H and O–H groups in total. The van der Waals surface area contributed by atoms with E-state index in [1.807, 2.05) is 32.0 Å². The smallest absolute Gasteiger partial charge is 0.271 e. The molecule has 6 nitrogen and oxygen atoms in total. The molecule has 2 rings (SSSR count). The Morgan fingerprint density at radius 1 is 1.25 bits per heavy atom. The van der Waals surface area contributed by atoms with Gasteiger partial charge in [-0.05, 0) is 18.1 Å². The van der Waals surface area contributed by atoms with Crippen LogP contribution in [0.3, 0.4) is 0 Å². The van der Waals surface area contributed by atoms with Gasteiger partial charge in [0.05, 0.1) is 17.3 Å². The number of amides is 2. The second-order valence-corrected chi connectivity index (χ2v) is 6.79. The van der Waals surface area contributed by atoms with Crippen molar-refractivity contribution in [1.29, 1.82) is 0 Å². The number of aromatic nitrogens is 1. The van der Waals surface area contributed by atoms with Gasteiger partial charge in [0.15, 0.2) is 5.13 Å². The first-order valence-electron chi connectivity index (χ1n) is 7.47. The van der Waals surface area contributed by atoms with Crippen LogP contribution >= 0.6 is 22.9 Å². The van der Waals surface area contributed by atoms with Crippen LogP contribution in [-0.4, -0.2) is 29.9 Å². The summed E-state index contributed by atoms with van der Waals surface area (Å²) < 4.78 is 0. The summed E-state index contributed by atoms with van der Waals surface area (Å²) in [5.74, 6) is -0.249. The zero-order valence-corrected chi connectivity index (χ0v) is 15.0. The Hall–Kier alpha value is -2.12. The van der Waals surface area contributed by atoms with Crippen LogP contribution in [0.4, 0.5) is 10.8 Å². The van der Waals surface area contributed by atoms with Crippen molar-refractivity contribution < 1.29 is 9.59 Å². The van der Waals surface area contributed by atoms with Crippen molar-refractivity contribution >= 4 is 45.6 Å². The molecule has 0 spiro atoms. The summed E-state index contributed by atoms with van der Waals surface area (Å²) in [6, 6.07) is 7.27. The van der Waals surface area contributed by atoms with E-state index >= 15 is 0 Å². The molecular weight excluding hydrogens is 348 g/mol. The van der Waals surface area contributed by atoms with Crippen molar-refractivity contribution in [2.24, 2.45) is 5.92 Å². The van der Waals surface area contributed by atoms with E-state index < -0.39 is 5.91 Å². The van der Waals surface area contributed by atoms with Crippen molar-refractivity contribution in [3.63, 3.8) is 0 Å². The highest BCUT2D eigenvalue weighted by atomic mass is 35.5. The minimum absolute atomic E-state index is 0.0731. The van der Waals surface area contributed by atoms with Crippen molar-refractivity contribution in [3.05, 3.63) is 40.4 Å². The summed E-state index contributed by atoms with van der Waals surface area (Å²) >= 11 is 7.36. The fourth-order valence-electron chi connectivity index (χ4n) is 1.74. The van der Waals surface area contributed by atoms with Crippen LogP contribution in [0.5, 0.6) is 0 Å². The number of carbonyl (C=O) groups excluding carboxylic acids is 2. The molecule has 0 fully saturated rings. The molecule has 2 aromatic rings. The van der Waals surface area contributed by atoms with E-state index in [0.29, 0.717) is 28.3 Å². The van der Waals surface area contributed by atoms with E-state index in [2.05, 4.69) is 20.9 Å². The number of hydrogen-bond acceptors (Lipinski definition) is 5. The van der Waals surface area contributed by atoms with Gasteiger partial charge in [-0.25, -0.2) is 4.98 Å². The first-order chi connectivity index (χ1) is 11.5. The van der Waals surface area contributed by atoms with Crippen molar-refractivity contribution in [2.75, 3.05) is 18.4 Å². The molecule has 24 heavy (non-hydrogen) atoms. The van der Waals surface area contributed by atoms with Crippen LogP contribution in [0.15, 0.2) is 29.6 Å². The fraction of sp³-hybridized carbons (Fsp3) is 0.312. The molecule has 0 unspecified atom stereocenters. The Balaban J connectivity index is 1.87. The molecule has 0 aliphatic heterocycles. The van der Waals surface area contributed by atoms with Gasteiger partial charge in [-0.1, -0.05) is 37.6 Å². The highest BCUT2D eigenvalue weighted by Gasteiger charge is 2.13. The lowest BCUT2D eigenvalue weighted by Crippen LogP contribution is -2.38. The van der Waals surface area contributed by atoms with Crippen LogP contribution in [0.1, 0.15) is 24.3 Å². The van der Waals surface area contributed by atoms with E-state index in [1.54, 1.807) is 11.4 Å². The molecule has 128 valence electrons. The number of carbonyl (C=O) groups is 2. The average Bonchev–Trinajstić information content (AvgIpc) is 3.01. The maximum Gasteiger partial charge on any atom is 0.271 e. The molecule has 0 aliphatic rings. The summed E-state index contributed by atoms with van der Waals surface area (Å²) in [4.78, 5) is 27.8. The van der Waals surface area contributed by atoms with Crippen LogP contribution < -0.4 is 16.0 Å². The number of anilines is 2. The molecule has 8 heteroatoms. The summed E-state index contributed by atoms with van der Waals surface area (Å²) in [6.07, 6.45) is 0. The number of nitrogens with zero attached hydrogens (tertiary/aromatic N) is 1. The third-order valence-corrected chi connectivity index (χ3v) is 4.06. The molecule has 0 saturated heterocycles. The van der Waals surface area contributed by atoms with Gasteiger partial charge in [0.2, 0.25) is 5.91 Å². The van der Waals surface area contributed by atoms with Crippen molar-refractivity contribution in [3.8, 4) is 0 Å². The Bertz CT molecular complexity index is 718. The van der Waals surface area contributed by atoms with Crippen LogP contribution in [0.25, 0.3) is 0 Å². The number of para-hydroxylation sites is 1. The number of nitrogens with one attached hydrogen (secondary N) is 3. The monoisotopic (exact) mass is 366 g/mol. The van der Waals surface area contributed by atoms with Gasteiger partial charge < -0.3 is 16.0 Å². The summed E-state index contributed by atoms with van der Waals surface area (Å²) in [7, 11) is 0. The standard InChI is InChI=1S/C16H19ClN4O2S/c1-10(2)7-18-14(22)8-19-15(23)13-9-24-16(21-13)20-12-6-4-3-5-11(12)17/h3-6,9-10H,7-8H2,1-2H3,(H,18,22)(H,19,23)(H,20,21). The average molecular weight is 367 g/mol. The molecule has 1 aromatic heterocycles. The highest BCUT2D eigenvalue weighted by molar-refractivity contribution is 7.14. The van der Waals surface area contributed by atoms with Gasteiger partial charge in [-0.15, -0.1) is 11.3 Å². The predicted molar refractivity (Wildman–Crippen MR) is 97.0 cm³/mol. The first kappa shape index (κ1) is 18.2. The molecule has 0 aliphatic carbocycles. The highest BCUT2D eigenvalue weighted by Crippen LogP contribution is 2.26. The van der Waals surface area contributed by atoms with Gasteiger partial charge in [0.1, 0.15) is 5.69 Å². The molecule has 1 aromatic carbocycles. The van der Waals surface area contributed by atoms with E-state index in [4.69, 9.17) is 11.6 Å². The lowest BCUT2D eigenvalue weighted by molar-refractivity contribution is -0.120. The van der Waals surface area contributed by atoms with Gasteiger partial charge in [-0.2, -0.15) is 0 Å². The second kappa shape index (κ2) is 8.65. The molecule has 0 bridgehead atoms. The number of hydrogen-bond donors (Lipinski definition) is 3. The lowest BCUT2D eigenvalue weighted by Gasteiger charge is -2.08. The Morgan fingerprint density at radius 3 is 2.71 bits per heavy atom. The molecule has 0 radical (unpaired) electrons. The normalized spacial score (nSPS) is 10.5. The Labute approximate surface area is 149 Å². The van der Waals surface area contributed by atoms with E-state index in [-0.39, 0.29) is 18.1 Å². The SMILES string of the molecule is CC(C)CNC(=O)CNC(=O)c1csc(Nc2ccccc2Cl)n1. The molecule has 0 saturated carbocycles. The number of thiazole rings is 1. The third-order valence-electron chi connectivity index (χ3n) is 2.97.